The summed E-state index contributed by atoms with van der Waals surface area (Å²) in [5, 5.41) is 10.0. The molecule has 0 radical (unpaired) electrons. The summed E-state index contributed by atoms with van der Waals surface area (Å²) in [7, 11) is -3.74. The van der Waals surface area contributed by atoms with E-state index in [2.05, 4.69) is 0 Å². The lowest BCUT2D eigenvalue weighted by molar-refractivity contribution is 0.0907. The molecular formula is C17H14ClF3O3S. The molecule has 3 atom stereocenters. The Balaban J connectivity index is 2.19. The normalized spacial score (nSPS) is 21.2. The van der Waals surface area contributed by atoms with E-state index in [1.807, 2.05) is 0 Å². The molecule has 1 N–H and O–H groups in total. The second-order valence-corrected chi connectivity index (χ2v) is 8.47. The lowest BCUT2D eigenvalue weighted by Gasteiger charge is -2.17. The van der Waals surface area contributed by atoms with Crippen LogP contribution >= 0.6 is 11.6 Å². The van der Waals surface area contributed by atoms with Crippen LogP contribution < -0.4 is 0 Å². The standard InChI is InChI=1S/C17H14ClF3O3S/c1-25(23,24)14-3-2-11(12-7-13(20)17(22)15(12)14)16(21)8-4-9(18)6-10(19)5-8/h2-6,13,16-17,22H,7H2,1H3/t13-,16-,17-/m1/s1. The average molecular weight is 391 g/mol. The molecule has 1 aliphatic rings. The number of halogens is 4. The van der Waals surface area contributed by atoms with E-state index in [4.69, 9.17) is 11.6 Å². The fourth-order valence-electron chi connectivity index (χ4n) is 3.16. The predicted molar refractivity (Wildman–Crippen MR) is 87.5 cm³/mol. The number of sulfone groups is 1. The number of rotatable bonds is 3. The van der Waals surface area contributed by atoms with Crippen LogP contribution in [0.5, 0.6) is 0 Å². The number of aliphatic hydroxyl groups excluding tert-OH is 1. The SMILES string of the molecule is CS(=O)(=O)c1ccc([C@H](F)c2cc(F)cc(Cl)c2)c2c1[C@H](O)[C@H](F)C2. The van der Waals surface area contributed by atoms with Crippen molar-refractivity contribution in [2.24, 2.45) is 0 Å². The van der Waals surface area contributed by atoms with Gasteiger partial charge >= 0.3 is 0 Å². The molecule has 8 heteroatoms. The topological polar surface area (TPSA) is 54.4 Å². The highest BCUT2D eigenvalue weighted by Crippen LogP contribution is 2.43. The molecule has 134 valence electrons. The summed E-state index contributed by atoms with van der Waals surface area (Å²) in [6, 6.07) is 5.59. The molecule has 2 aromatic carbocycles. The highest BCUT2D eigenvalue weighted by Gasteiger charge is 2.38. The summed E-state index contributed by atoms with van der Waals surface area (Å²) in [4.78, 5) is -0.233. The summed E-state index contributed by atoms with van der Waals surface area (Å²) < 4.78 is 66.3. The van der Waals surface area contributed by atoms with Crippen LogP contribution in [0.3, 0.4) is 0 Å². The first-order chi connectivity index (χ1) is 11.6. The largest absolute Gasteiger partial charge is 0.385 e. The monoisotopic (exact) mass is 390 g/mol. The van der Waals surface area contributed by atoms with Crippen molar-refractivity contribution in [1.82, 2.24) is 0 Å². The lowest BCUT2D eigenvalue weighted by Crippen LogP contribution is -2.10. The number of fused-ring (bicyclic) bond motifs is 1. The van der Waals surface area contributed by atoms with Gasteiger partial charge in [-0.2, -0.15) is 0 Å². The van der Waals surface area contributed by atoms with E-state index < -0.39 is 34.1 Å². The number of hydrogen-bond acceptors (Lipinski definition) is 3. The third kappa shape index (κ3) is 3.28. The number of benzene rings is 2. The first-order valence-corrected chi connectivity index (χ1v) is 9.64. The van der Waals surface area contributed by atoms with Gasteiger partial charge in [-0.3, -0.25) is 0 Å². The molecule has 0 heterocycles. The molecule has 0 saturated heterocycles. The molecule has 0 bridgehead atoms. The van der Waals surface area contributed by atoms with Gasteiger partial charge in [0.1, 0.15) is 18.1 Å². The van der Waals surface area contributed by atoms with Crippen LogP contribution in [0.4, 0.5) is 13.2 Å². The first-order valence-electron chi connectivity index (χ1n) is 7.37. The fourth-order valence-corrected chi connectivity index (χ4v) is 4.35. The Labute approximate surface area is 148 Å². The van der Waals surface area contributed by atoms with Crippen LogP contribution in [-0.4, -0.2) is 26.0 Å². The molecule has 2 aromatic rings. The molecular weight excluding hydrogens is 377 g/mol. The Kier molecular flexibility index (Phi) is 4.59. The highest BCUT2D eigenvalue weighted by molar-refractivity contribution is 7.90. The van der Waals surface area contributed by atoms with Gasteiger partial charge in [-0.1, -0.05) is 17.7 Å². The third-order valence-electron chi connectivity index (χ3n) is 4.24. The van der Waals surface area contributed by atoms with Gasteiger partial charge in [-0.25, -0.2) is 21.6 Å². The minimum atomic E-state index is -3.74. The Morgan fingerprint density at radius 1 is 1.28 bits per heavy atom. The van der Waals surface area contributed by atoms with Crippen LogP contribution in [0, 0.1) is 5.82 Å². The Morgan fingerprint density at radius 3 is 2.56 bits per heavy atom. The smallest absolute Gasteiger partial charge is 0.175 e. The van der Waals surface area contributed by atoms with E-state index >= 15 is 0 Å². The second kappa shape index (κ2) is 6.30. The zero-order chi connectivity index (χ0) is 18.5. The van der Waals surface area contributed by atoms with Gasteiger partial charge in [0.05, 0.1) is 4.90 Å². The van der Waals surface area contributed by atoms with E-state index in [0.29, 0.717) is 0 Å². The van der Waals surface area contributed by atoms with Gasteiger partial charge in [0.25, 0.3) is 0 Å². The van der Waals surface area contributed by atoms with Gasteiger partial charge in [0.2, 0.25) is 0 Å². The van der Waals surface area contributed by atoms with E-state index in [1.54, 1.807) is 0 Å². The highest BCUT2D eigenvalue weighted by atomic mass is 35.5. The van der Waals surface area contributed by atoms with Crippen molar-refractivity contribution in [3.05, 3.63) is 63.4 Å². The maximum atomic E-state index is 15.0. The van der Waals surface area contributed by atoms with Crippen molar-refractivity contribution in [3.8, 4) is 0 Å². The van der Waals surface area contributed by atoms with Gasteiger partial charge in [-0.15, -0.1) is 0 Å². The van der Waals surface area contributed by atoms with Crippen LogP contribution in [0.1, 0.15) is 34.5 Å². The molecule has 0 amide bonds. The predicted octanol–water partition coefficient (Wildman–Crippen LogP) is 3.87. The Hall–Kier alpha value is -1.57. The second-order valence-electron chi connectivity index (χ2n) is 6.05. The number of aliphatic hydroxyl groups is 1. The number of alkyl halides is 2. The summed E-state index contributed by atoms with van der Waals surface area (Å²) >= 11 is 5.74. The first kappa shape index (κ1) is 18.2. The van der Waals surface area contributed by atoms with Crippen molar-refractivity contribution in [3.63, 3.8) is 0 Å². The van der Waals surface area contributed by atoms with E-state index in [-0.39, 0.29) is 38.6 Å². The Morgan fingerprint density at radius 2 is 1.96 bits per heavy atom. The van der Waals surface area contributed by atoms with Crippen LogP contribution in [0.15, 0.2) is 35.2 Å². The molecule has 3 rings (SSSR count). The molecule has 0 unspecified atom stereocenters. The minimum Gasteiger partial charge on any atom is -0.385 e. The van der Waals surface area contributed by atoms with E-state index in [9.17, 15) is 26.7 Å². The van der Waals surface area contributed by atoms with Crippen molar-refractivity contribution in [2.45, 2.75) is 29.8 Å². The summed E-state index contributed by atoms with van der Waals surface area (Å²) in [6.07, 6.45) is -4.62. The molecule has 0 fully saturated rings. The van der Waals surface area contributed by atoms with Crippen LogP contribution in [-0.2, 0) is 16.3 Å². The quantitative estimate of drug-likeness (QED) is 0.865. The maximum Gasteiger partial charge on any atom is 0.175 e. The molecule has 0 aliphatic heterocycles. The molecule has 3 nitrogen and oxygen atoms in total. The van der Waals surface area contributed by atoms with Crippen molar-refractivity contribution < 1.29 is 26.7 Å². The fraction of sp³-hybridized carbons (Fsp3) is 0.294. The molecule has 1 aliphatic carbocycles. The van der Waals surface area contributed by atoms with Gasteiger partial charge in [-0.05, 0) is 41.0 Å². The lowest BCUT2D eigenvalue weighted by atomic mass is 9.95. The van der Waals surface area contributed by atoms with Crippen LogP contribution in [0.25, 0.3) is 0 Å². The average Bonchev–Trinajstić information content (AvgIpc) is 2.79. The summed E-state index contributed by atoms with van der Waals surface area (Å²) in [5.41, 5.74) is -0.118. The van der Waals surface area contributed by atoms with E-state index in [0.717, 1.165) is 24.5 Å². The Bertz CT molecular complexity index is 926. The van der Waals surface area contributed by atoms with Crippen molar-refractivity contribution in [1.29, 1.82) is 0 Å². The summed E-state index contributed by atoms with van der Waals surface area (Å²) in [5.74, 6) is -0.724. The minimum absolute atomic E-state index is 0.00505. The molecule has 0 saturated carbocycles. The van der Waals surface area contributed by atoms with Gasteiger partial charge < -0.3 is 5.11 Å². The molecule has 0 aromatic heterocycles. The number of hydrogen-bond donors (Lipinski definition) is 1. The zero-order valence-corrected chi connectivity index (χ0v) is 14.6. The molecule has 0 spiro atoms. The maximum absolute atomic E-state index is 15.0. The van der Waals surface area contributed by atoms with Crippen LogP contribution in [0.2, 0.25) is 5.02 Å². The third-order valence-corrected chi connectivity index (χ3v) is 5.61. The van der Waals surface area contributed by atoms with Crippen molar-refractivity contribution in [2.75, 3.05) is 6.26 Å². The van der Waals surface area contributed by atoms with Gasteiger partial charge in [0.15, 0.2) is 16.0 Å². The zero-order valence-electron chi connectivity index (χ0n) is 13.0. The van der Waals surface area contributed by atoms with E-state index in [1.165, 1.54) is 12.1 Å². The summed E-state index contributed by atoms with van der Waals surface area (Å²) in [6.45, 7) is 0. The molecule has 25 heavy (non-hydrogen) atoms. The van der Waals surface area contributed by atoms with Crippen molar-refractivity contribution >= 4 is 21.4 Å². The van der Waals surface area contributed by atoms with Gasteiger partial charge in [0, 0.05) is 23.3 Å².